The molecule has 10 heteroatoms. The lowest BCUT2D eigenvalue weighted by Gasteiger charge is -2.20. The molecule has 0 unspecified atom stereocenters. The Morgan fingerprint density at radius 1 is 1.35 bits per heavy atom. The summed E-state index contributed by atoms with van der Waals surface area (Å²) >= 11 is 2.81. The fourth-order valence-corrected chi connectivity index (χ4v) is 1.75. The summed E-state index contributed by atoms with van der Waals surface area (Å²) < 4.78 is 66.5. The van der Waals surface area contributed by atoms with Crippen molar-refractivity contribution in [1.82, 2.24) is 4.57 Å². The number of rotatable bonds is 3. The number of esters is 1. The van der Waals surface area contributed by atoms with E-state index < -0.39 is 35.7 Å². The third-order valence-corrected chi connectivity index (χ3v) is 2.68. The zero-order valence-electron chi connectivity index (χ0n) is 9.80. The van der Waals surface area contributed by atoms with Crippen LogP contribution in [0.3, 0.4) is 0 Å². The molecule has 0 bridgehead atoms. The van der Waals surface area contributed by atoms with Gasteiger partial charge < -0.3 is 9.30 Å². The Labute approximate surface area is 117 Å². The largest absolute Gasteiger partial charge is 0.465 e. The van der Waals surface area contributed by atoms with E-state index in [4.69, 9.17) is 0 Å². The van der Waals surface area contributed by atoms with E-state index in [0.29, 0.717) is 0 Å². The van der Waals surface area contributed by atoms with Gasteiger partial charge in [0.15, 0.2) is 0 Å². The third kappa shape index (κ3) is 3.35. The van der Waals surface area contributed by atoms with Gasteiger partial charge in [-0.05, 0) is 22.0 Å². The van der Waals surface area contributed by atoms with E-state index >= 15 is 0 Å². The third-order valence-electron chi connectivity index (χ3n) is 2.24. The summed E-state index contributed by atoms with van der Waals surface area (Å²) in [6, 6.07) is 0.969. The molecule has 0 amide bonds. The van der Waals surface area contributed by atoms with Crippen LogP contribution in [0.15, 0.2) is 21.5 Å². The lowest BCUT2D eigenvalue weighted by Crippen LogP contribution is -2.43. The summed E-state index contributed by atoms with van der Waals surface area (Å²) in [4.78, 5) is 22.9. The predicted octanol–water partition coefficient (Wildman–Crippen LogP) is 2.60. The standard InChI is InChI=1S/C10H7BrF5NO3/c1-20-8(19)6-2-5(11)3-17(7(6)18)4-9(12,13)10(14,15)16/h2-3H,4H2,1H3. The molecule has 1 aromatic heterocycles. The number of carbonyl (C=O) groups is 1. The fourth-order valence-electron chi connectivity index (χ4n) is 1.28. The number of hydrogen-bond acceptors (Lipinski definition) is 3. The Morgan fingerprint density at radius 3 is 2.35 bits per heavy atom. The lowest BCUT2D eigenvalue weighted by molar-refractivity contribution is -0.287. The van der Waals surface area contributed by atoms with Crippen LogP contribution >= 0.6 is 15.9 Å². The minimum absolute atomic E-state index is 0.0181. The lowest BCUT2D eigenvalue weighted by atomic mass is 10.2. The molecule has 0 aromatic carbocycles. The minimum Gasteiger partial charge on any atom is -0.465 e. The summed E-state index contributed by atoms with van der Waals surface area (Å²) in [5, 5.41) is 0. The Hall–Kier alpha value is -1.45. The van der Waals surface area contributed by atoms with Crippen LogP contribution in [-0.2, 0) is 11.3 Å². The zero-order valence-corrected chi connectivity index (χ0v) is 11.4. The molecule has 0 aliphatic carbocycles. The highest BCUT2D eigenvalue weighted by molar-refractivity contribution is 9.10. The molecule has 4 nitrogen and oxygen atoms in total. The first-order valence-corrected chi connectivity index (χ1v) is 5.72. The van der Waals surface area contributed by atoms with Gasteiger partial charge in [-0.2, -0.15) is 22.0 Å². The van der Waals surface area contributed by atoms with Crippen LogP contribution in [-0.4, -0.2) is 29.7 Å². The Morgan fingerprint density at radius 2 is 1.90 bits per heavy atom. The van der Waals surface area contributed by atoms with Crippen molar-refractivity contribution in [3.63, 3.8) is 0 Å². The van der Waals surface area contributed by atoms with Gasteiger partial charge in [-0.3, -0.25) is 4.79 Å². The molecule has 0 N–H and O–H groups in total. The average Bonchev–Trinajstić information content (AvgIpc) is 2.30. The van der Waals surface area contributed by atoms with Crippen LogP contribution in [0, 0.1) is 0 Å². The first-order chi connectivity index (χ1) is 8.99. The number of aromatic nitrogens is 1. The van der Waals surface area contributed by atoms with Crippen molar-refractivity contribution in [3.8, 4) is 0 Å². The average molecular weight is 364 g/mol. The summed E-state index contributed by atoms with van der Waals surface area (Å²) in [5.41, 5.74) is -1.95. The molecule has 112 valence electrons. The molecule has 1 heterocycles. The van der Waals surface area contributed by atoms with Gasteiger partial charge in [0.2, 0.25) is 0 Å². The van der Waals surface area contributed by atoms with Crippen molar-refractivity contribution in [3.05, 3.63) is 32.7 Å². The number of hydrogen-bond donors (Lipinski definition) is 0. The van der Waals surface area contributed by atoms with Crippen molar-refractivity contribution in [2.24, 2.45) is 0 Å². The number of halogens is 6. The first-order valence-electron chi connectivity index (χ1n) is 4.92. The second-order valence-corrected chi connectivity index (χ2v) is 4.61. The van der Waals surface area contributed by atoms with E-state index in [-0.39, 0.29) is 9.04 Å². The number of nitrogens with zero attached hydrogens (tertiary/aromatic N) is 1. The highest BCUT2D eigenvalue weighted by Crippen LogP contribution is 2.36. The number of pyridine rings is 1. The van der Waals surface area contributed by atoms with Gasteiger partial charge >= 0.3 is 18.1 Å². The normalized spacial score (nSPS) is 12.3. The van der Waals surface area contributed by atoms with Gasteiger partial charge in [-0.25, -0.2) is 4.79 Å². The highest BCUT2D eigenvalue weighted by Gasteiger charge is 2.57. The predicted molar refractivity (Wildman–Crippen MR) is 60.7 cm³/mol. The molecule has 1 aromatic rings. The van der Waals surface area contributed by atoms with E-state index in [1.807, 2.05) is 0 Å². The Bertz CT molecular complexity index is 581. The SMILES string of the molecule is COC(=O)c1cc(Br)cn(CC(F)(F)C(F)(F)F)c1=O. The molecule has 0 saturated carbocycles. The van der Waals surface area contributed by atoms with E-state index in [9.17, 15) is 31.5 Å². The van der Waals surface area contributed by atoms with Crippen molar-refractivity contribution in [1.29, 1.82) is 0 Å². The highest BCUT2D eigenvalue weighted by atomic mass is 79.9. The number of carbonyl (C=O) groups excluding carboxylic acids is 1. The second kappa shape index (κ2) is 5.51. The maximum absolute atomic E-state index is 12.9. The van der Waals surface area contributed by atoms with E-state index in [2.05, 4.69) is 20.7 Å². The zero-order chi connectivity index (χ0) is 15.7. The van der Waals surface area contributed by atoms with Crippen LogP contribution in [0.1, 0.15) is 10.4 Å². The molecule has 0 spiro atoms. The van der Waals surface area contributed by atoms with E-state index in [1.165, 1.54) is 0 Å². The number of methoxy groups -OCH3 is 1. The van der Waals surface area contributed by atoms with Crippen LogP contribution in [0.25, 0.3) is 0 Å². The number of alkyl halides is 5. The molecule has 0 aliphatic rings. The number of ether oxygens (including phenoxy) is 1. The van der Waals surface area contributed by atoms with Crippen LogP contribution < -0.4 is 5.56 Å². The quantitative estimate of drug-likeness (QED) is 0.612. The van der Waals surface area contributed by atoms with Crippen molar-refractivity contribution in [2.75, 3.05) is 7.11 Å². The maximum atomic E-state index is 12.9. The molecular weight excluding hydrogens is 357 g/mol. The summed E-state index contributed by atoms with van der Waals surface area (Å²) in [6.45, 7) is -1.93. The molecule has 1 rings (SSSR count). The summed E-state index contributed by atoms with van der Waals surface area (Å²) in [5.74, 6) is -6.24. The first kappa shape index (κ1) is 16.6. The minimum atomic E-state index is -5.81. The molecular formula is C10H7BrF5NO3. The molecule has 0 radical (unpaired) electrons. The molecule has 0 aliphatic heterocycles. The summed E-state index contributed by atoms with van der Waals surface area (Å²) in [7, 11) is 0.942. The molecule has 0 atom stereocenters. The van der Waals surface area contributed by atoms with Crippen LogP contribution in [0.4, 0.5) is 22.0 Å². The van der Waals surface area contributed by atoms with Gasteiger partial charge in [0, 0.05) is 10.7 Å². The van der Waals surface area contributed by atoms with E-state index in [1.54, 1.807) is 0 Å². The van der Waals surface area contributed by atoms with Crippen molar-refractivity contribution < 1.29 is 31.5 Å². The van der Waals surface area contributed by atoms with Gasteiger partial charge in [-0.1, -0.05) is 0 Å². The van der Waals surface area contributed by atoms with Gasteiger partial charge in [0.25, 0.3) is 5.56 Å². The van der Waals surface area contributed by atoms with Crippen molar-refractivity contribution >= 4 is 21.9 Å². The van der Waals surface area contributed by atoms with Crippen molar-refractivity contribution in [2.45, 2.75) is 18.6 Å². The van der Waals surface area contributed by atoms with Gasteiger partial charge in [-0.15, -0.1) is 0 Å². The Balaban J connectivity index is 3.31. The monoisotopic (exact) mass is 363 g/mol. The Kier molecular flexibility index (Phi) is 4.57. The molecule has 20 heavy (non-hydrogen) atoms. The van der Waals surface area contributed by atoms with Gasteiger partial charge in [0.05, 0.1) is 13.7 Å². The maximum Gasteiger partial charge on any atom is 0.455 e. The second-order valence-electron chi connectivity index (χ2n) is 3.70. The van der Waals surface area contributed by atoms with E-state index in [0.717, 1.165) is 19.4 Å². The fraction of sp³-hybridized carbons (Fsp3) is 0.400. The molecule has 0 saturated heterocycles. The van der Waals surface area contributed by atoms with Gasteiger partial charge in [0.1, 0.15) is 5.56 Å². The summed E-state index contributed by atoms with van der Waals surface area (Å²) in [6.07, 6.45) is -5.07. The molecule has 0 fully saturated rings. The smallest absolute Gasteiger partial charge is 0.455 e. The van der Waals surface area contributed by atoms with Crippen LogP contribution in [0.5, 0.6) is 0 Å². The van der Waals surface area contributed by atoms with Crippen LogP contribution in [0.2, 0.25) is 0 Å². The topological polar surface area (TPSA) is 48.3 Å².